The first kappa shape index (κ1) is 13.2. The Bertz CT molecular complexity index is 516. The topological polar surface area (TPSA) is 24.9 Å². The molecule has 1 heterocycles. The van der Waals surface area contributed by atoms with Crippen molar-refractivity contribution >= 4 is 15.9 Å². The summed E-state index contributed by atoms with van der Waals surface area (Å²) in [6.07, 6.45) is 3.58. The van der Waals surface area contributed by atoms with E-state index in [1.54, 1.807) is 12.3 Å². The maximum Gasteiger partial charge on any atom is 0.123 e. The first-order valence-electron chi connectivity index (χ1n) is 5.74. The number of halogens is 2. The van der Waals surface area contributed by atoms with Gasteiger partial charge in [-0.1, -0.05) is 22.0 Å². The second-order valence-electron chi connectivity index (χ2n) is 4.12. The van der Waals surface area contributed by atoms with Gasteiger partial charge < -0.3 is 5.32 Å². The lowest BCUT2D eigenvalue weighted by atomic mass is 10.1. The minimum absolute atomic E-state index is 0.175. The molecule has 0 fully saturated rings. The minimum Gasteiger partial charge on any atom is -0.306 e. The van der Waals surface area contributed by atoms with Gasteiger partial charge in [-0.15, -0.1) is 0 Å². The number of rotatable bonds is 4. The van der Waals surface area contributed by atoms with Crippen molar-refractivity contribution in [1.29, 1.82) is 0 Å². The van der Waals surface area contributed by atoms with Crippen LogP contribution in [0.25, 0.3) is 0 Å². The number of pyridine rings is 1. The highest BCUT2D eigenvalue weighted by Gasteiger charge is 2.06. The van der Waals surface area contributed by atoms with Crippen molar-refractivity contribution in [1.82, 2.24) is 10.3 Å². The molecular formula is C14H14BrFN2. The fourth-order valence-electron chi connectivity index (χ4n) is 1.69. The number of hydrogen-bond acceptors (Lipinski definition) is 2. The molecule has 1 atom stereocenters. The molecule has 2 rings (SSSR count). The van der Waals surface area contributed by atoms with E-state index in [0.29, 0.717) is 6.54 Å². The Morgan fingerprint density at radius 3 is 2.94 bits per heavy atom. The lowest BCUT2D eigenvalue weighted by Gasteiger charge is -2.14. The van der Waals surface area contributed by atoms with E-state index in [-0.39, 0.29) is 11.9 Å². The third kappa shape index (κ3) is 3.37. The van der Waals surface area contributed by atoms with E-state index < -0.39 is 0 Å². The molecule has 0 aliphatic heterocycles. The molecule has 0 radical (unpaired) electrons. The van der Waals surface area contributed by atoms with Gasteiger partial charge in [-0.05, 0) is 42.3 Å². The summed E-state index contributed by atoms with van der Waals surface area (Å²) in [4.78, 5) is 4.08. The van der Waals surface area contributed by atoms with Gasteiger partial charge in [0.1, 0.15) is 5.82 Å². The molecule has 0 unspecified atom stereocenters. The van der Waals surface area contributed by atoms with Crippen molar-refractivity contribution in [3.63, 3.8) is 0 Å². The summed E-state index contributed by atoms with van der Waals surface area (Å²) in [5.74, 6) is -0.218. The third-order valence-corrected chi connectivity index (χ3v) is 3.56. The highest BCUT2D eigenvalue weighted by atomic mass is 79.9. The number of nitrogens with one attached hydrogen (secondary N) is 1. The summed E-state index contributed by atoms with van der Waals surface area (Å²) in [6, 6.07) is 8.80. The van der Waals surface area contributed by atoms with E-state index in [2.05, 4.69) is 33.2 Å². The molecule has 94 valence electrons. The first-order chi connectivity index (χ1) is 8.66. The van der Waals surface area contributed by atoms with Crippen molar-refractivity contribution in [2.45, 2.75) is 19.5 Å². The molecule has 1 aromatic heterocycles. The van der Waals surface area contributed by atoms with Crippen LogP contribution in [-0.2, 0) is 6.54 Å². The molecule has 18 heavy (non-hydrogen) atoms. The Morgan fingerprint density at radius 1 is 1.39 bits per heavy atom. The SMILES string of the molecule is C[C@@H](NCc1cc(F)ccc1Br)c1cccnc1. The van der Waals surface area contributed by atoms with E-state index in [1.807, 2.05) is 18.3 Å². The molecule has 0 aliphatic rings. The molecule has 0 aliphatic carbocycles. The fraction of sp³-hybridized carbons (Fsp3) is 0.214. The number of hydrogen-bond donors (Lipinski definition) is 1. The molecular weight excluding hydrogens is 295 g/mol. The Balaban J connectivity index is 2.01. The molecule has 0 saturated heterocycles. The Kier molecular flexibility index (Phi) is 4.44. The smallest absolute Gasteiger partial charge is 0.123 e. The van der Waals surface area contributed by atoms with E-state index in [9.17, 15) is 4.39 Å². The quantitative estimate of drug-likeness (QED) is 0.928. The summed E-state index contributed by atoms with van der Waals surface area (Å²) in [7, 11) is 0. The van der Waals surface area contributed by atoms with Crippen LogP contribution in [0.3, 0.4) is 0 Å². The van der Waals surface area contributed by atoms with Gasteiger partial charge in [-0.25, -0.2) is 4.39 Å². The predicted molar refractivity (Wildman–Crippen MR) is 73.6 cm³/mol. The molecule has 0 spiro atoms. The van der Waals surface area contributed by atoms with Crippen molar-refractivity contribution in [3.05, 3.63) is 64.1 Å². The maximum absolute atomic E-state index is 13.1. The van der Waals surface area contributed by atoms with Crippen LogP contribution in [-0.4, -0.2) is 4.98 Å². The maximum atomic E-state index is 13.1. The fourth-order valence-corrected chi connectivity index (χ4v) is 2.08. The molecule has 4 heteroatoms. The van der Waals surface area contributed by atoms with Gasteiger partial charge in [0.25, 0.3) is 0 Å². The van der Waals surface area contributed by atoms with Crippen molar-refractivity contribution < 1.29 is 4.39 Å². The Morgan fingerprint density at radius 2 is 2.22 bits per heavy atom. The van der Waals surface area contributed by atoms with Crippen LogP contribution >= 0.6 is 15.9 Å². The average molecular weight is 309 g/mol. The molecule has 1 N–H and O–H groups in total. The zero-order valence-electron chi connectivity index (χ0n) is 10.0. The first-order valence-corrected chi connectivity index (χ1v) is 6.53. The van der Waals surface area contributed by atoms with E-state index in [0.717, 1.165) is 15.6 Å². The van der Waals surface area contributed by atoms with Crippen LogP contribution in [0, 0.1) is 5.82 Å². The molecule has 2 nitrogen and oxygen atoms in total. The summed E-state index contributed by atoms with van der Waals surface area (Å²) < 4.78 is 14.0. The average Bonchev–Trinajstić information content (AvgIpc) is 2.40. The van der Waals surface area contributed by atoms with Gasteiger partial charge in [-0.3, -0.25) is 4.98 Å². The molecule has 0 bridgehead atoms. The Labute approximate surface area is 114 Å². The van der Waals surface area contributed by atoms with Crippen molar-refractivity contribution in [2.24, 2.45) is 0 Å². The number of benzene rings is 1. The normalized spacial score (nSPS) is 12.4. The Hall–Kier alpha value is -1.26. The molecule has 1 aromatic carbocycles. The molecule has 0 amide bonds. The van der Waals surface area contributed by atoms with Gasteiger partial charge in [0, 0.05) is 29.5 Å². The summed E-state index contributed by atoms with van der Waals surface area (Å²) in [5, 5.41) is 3.35. The largest absolute Gasteiger partial charge is 0.306 e. The van der Waals surface area contributed by atoms with Gasteiger partial charge in [-0.2, -0.15) is 0 Å². The minimum atomic E-state index is -0.218. The van der Waals surface area contributed by atoms with Crippen LogP contribution in [0.5, 0.6) is 0 Å². The monoisotopic (exact) mass is 308 g/mol. The van der Waals surface area contributed by atoms with Crippen molar-refractivity contribution in [2.75, 3.05) is 0 Å². The van der Waals surface area contributed by atoms with Crippen LogP contribution in [0.1, 0.15) is 24.1 Å². The van der Waals surface area contributed by atoms with Crippen LogP contribution in [0.15, 0.2) is 47.2 Å². The molecule has 0 saturated carbocycles. The zero-order valence-corrected chi connectivity index (χ0v) is 11.6. The van der Waals surface area contributed by atoms with E-state index in [4.69, 9.17) is 0 Å². The highest BCUT2D eigenvalue weighted by molar-refractivity contribution is 9.10. The number of aromatic nitrogens is 1. The van der Waals surface area contributed by atoms with E-state index in [1.165, 1.54) is 12.1 Å². The van der Waals surface area contributed by atoms with Gasteiger partial charge in [0.05, 0.1) is 0 Å². The molecule has 2 aromatic rings. The highest BCUT2D eigenvalue weighted by Crippen LogP contribution is 2.19. The lowest BCUT2D eigenvalue weighted by Crippen LogP contribution is -2.18. The van der Waals surface area contributed by atoms with Crippen LogP contribution < -0.4 is 5.32 Å². The van der Waals surface area contributed by atoms with Crippen LogP contribution in [0.2, 0.25) is 0 Å². The second kappa shape index (κ2) is 6.07. The summed E-state index contributed by atoms with van der Waals surface area (Å²) in [5.41, 5.74) is 2.02. The van der Waals surface area contributed by atoms with Crippen molar-refractivity contribution in [3.8, 4) is 0 Å². The second-order valence-corrected chi connectivity index (χ2v) is 4.98. The van der Waals surface area contributed by atoms with Gasteiger partial charge >= 0.3 is 0 Å². The third-order valence-electron chi connectivity index (χ3n) is 2.79. The number of nitrogens with zero attached hydrogens (tertiary/aromatic N) is 1. The predicted octanol–water partition coefficient (Wildman–Crippen LogP) is 3.83. The van der Waals surface area contributed by atoms with Crippen LogP contribution in [0.4, 0.5) is 4.39 Å². The summed E-state index contributed by atoms with van der Waals surface area (Å²) in [6.45, 7) is 2.67. The summed E-state index contributed by atoms with van der Waals surface area (Å²) >= 11 is 3.42. The van der Waals surface area contributed by atoms with Gasteiger partial charge in [0.15, 0.2) is 0 Å². The van der Waals surface area contributed by atoms with E-state index >= 15 is 0 Å². The lowest BCUT2D eigenvalue weighted by molar-refractivity contribution is 0.566. The standard InChI is InChI=1S/C14H14BrFN2/c1-10(11-3-2-6-17-8-11)18-9-12-7-13(16)4-5-14(12)15/h2-8,10,18H,9H2,1H3/t10-/m1/s1. The van der Waals surface area contributed by atoms with Gasteiger partial charge in [0.2, 0.25) is 0 Å². The zero-order chi connectivity index (χ0) is 13.0.